The number of carbonyl (C=O) groups is 1. The second kappa shape index (κ2) is 7.63. The highest BCUT2D eigenvalue weighted by molar-refractivity contribution is 5.77. The van der Waals surface area contributed by atoms with Gasteiger partial charge in [-0.05, 0) is 31.9 Å². The number of hydrogen-bond donors (Lipinski definition) is 2. The van der Waals surface area contributed by atoms with Crippen LogP contribution in [0.1, 0.15) is 17.5 Å². The number of rotatable bonds is 7. The summed E-state index contributed by atoms with van der Waals surface area (Å²) < 4.78 is 10.4. The van der Waals surface area contributed by atoms with Crippen molar-refractivity contribution in [2.24, 2.45) is 0 Å². The van der Waals surface area contributed by atoms with Gasteiger partial charge in [-0.25, -0.2) is 0 Å². The van der Waals surface area contributed by atoms with Crippen LogP contribution in [-0.2, 0) is 9.53 Å². The van der Waals surface area contributed by atoms with E-state index in [1.54, 1.807) is 7.11 Å². The molecule has 0 spiro atoms. The van der Waals surface area contributed by atoms with E-state index < -0.39 is 0 Å². The molecule has 0 aliphatic carbocycles. The molecule has 1 aromatic rings. The number of nitrogens with two attached hydrogens (primary N) is 1. The van der Waals surface area contributed by atoms with Gasteiger partial charge in [0.1, 0.15) is 5.75 Å². The molecule has 0 saturated carbocycles. The zero-order valence-electron chi connectivity index (χ0n) is 11.8. The molecule has 1 aromatic carbocycles. The molecule has 3 N–H and O–H groups in total. The minimum Gasteiger partial charge on any atom is -0.483 e. The number of carbonyl (C=O) groups excluding carboxylic acids is 1. The first-order valence-electron chi connectivity index (χ1n) is 6.30. The van der Waals surface area contributed by atoms with E-state index in [2.05, 4.69) is 5.32 Å². The zero-order chi connectivity index (χ0) is 14.3. The van der Waals surface area contributed by atoms with Crippen LogP contribution in [0, 0.1) is 13.8 Å². The Kier molecular flexibility index (Phi) is 6.15. The van der Waals surface area contributed by atoms with Crippen LogP contribution in [0.2, 0.25) is 0 Å². The number of hydrogen-bond acceptors (Lipinski definition) is 4. The van der Waals surface area contributed by atoms with Gasteiger partial charge < -0.3 is 20.5 Å². The summed E-state index contributed by atoms with van der Waals surface area (Å²) in [6.07, 6.45) is 0.790. The summed E-state index contributed by atoms with van der Waals surface area (Å²) in [5, 5.41) is 2.77. The molecule has 0 radical (unpaired) electrons. The predicted octanol–water partition coefficient (Wildman–Crippen LogP) is 1.42. The molecule has 5 heteroatoms. The minimum absolute atomic E-state index is 0.00187. The molecule has 0 aliphatic rings. The lowest BCUT2D eigenvalue weighted by atomic mass is 10.1. The van der Waals surface area contributed by atoms with E-state index in [4.69, 9.17) is 15.2 Å². The van der Waals surface area contributed by atoms with Crippen LogP contribution < -0.4 is 15.8 Å². The fraction of sp³-hybridized carbons (Fsp3) is 0.500. The van der Waals surface area contributed by atoms with Gasteiger partial charge >= 0.3 is 0 Å². The zero-order valence-corrected chi connectivity index (χ0v) is 11.8. The second-order valence-electron chi connectivity index (χ2n) is 4.41. The lowest BCUT2D eigenvalue weighted by Crippen LogP contribution is -2.30. The third-order valence-corrected chi connectivity index (χ3v) is 2.84. The molecule has 0 bridgehead atoms. The lowest BCUT2D eigenvalue weighted by Gasteiger charge is -2.13. The molecule has 1 amide bonds. The van der Waals surface area contributed by atoms with E-state index in [1.165, 1.54) is 0 Å². The van der Waals surface area contributed by atoms with Crippen molar-refractivity contribution in [1.29, 1.82) is 0 Å². The molecule has 0 aromatic heterocycles. The highest BCUT2D eigenvalue weighted by Crippen LogP contribution is 2.27. The smallest absolute Gasteiger partial charge is 0.257 e. The number of aryl methyl sites for hydroxylation is 1. The molecule has 106 valence electrons. The standard InChI is InChI=1S/C14H22N2O3/c1-10-5-6-12(15)11(2)14(10)19-9-13(17)16-7-4-8-18-3/h5-6H,4,7-9,15H2,1-3H3,(H,16,17). The minimum atomic E-state index is -0.141. The maximum atomic E-state index is 11.6. The number of nitrogen functional groups attached to an aromatic ring is 1. The molecule has 1 rings (SSSR count). The Hall–Kier alpha value is -1.75. The van der Waals surface area contributed by atoms with Gasteiger partial charge in [-0.2, -0.15) is 0 Å². The van der Waals surface area contributed by atoms with Crippen molar-refractivity contribution in [2.45, 2.75) is 20.3 Å². The van der Waals surface area contributed by atoms with Crippen molar-refractivity contribution < 1.29 is 14.3 Å². The summed E-state index contributed by atoms with van der Waals surface area (Å²) in [4.78, 5) is 11.6. The lowest BCUT2D eigenvalue weighted by molar-refractivity contribution is -0.123. The predicted molar refractivity (Wildman–Crippen MR) is 75.3 cm³/mol. The van der Waals surface area contributed by atoms with E-state index in [0.29, 0.717) is 24.6 Å². The second-order valence-corrected chi connectivity index (χ2v) is 4.41. The quantitative estimate of drug-likeness (QED) is 0.578. The van der Waals surface area contributed by atoms with Crippen LogP contribution >= 0.6 is 0 Å². The van der Waals surface area contributed by atoms with E-state index >= 15 is 0 Å². The average molecular weight is 266 g/mol. The monoisotopic (exact) mass is 266 g/mol. The molecule has 0 fully saturated rings. The third-order valence-electron chi connectivity index (χ3n) is 2.84. The number of anilines is 1. The Labute approximate surface area is 114 Å². The first-order valence-corrected chi connectivity index (χ1v) is 6.30. The summed E-state index contributed by atoms with van der Waals surface area (Å²) in [7, 11) is 1.64. The Morgan fingerprint density at radius 3 is 2.79 bits per heavy atom. The molecule has 19 heavy (non-hydrogen) atoms. The van der Waals surface area contributed by atoms with Gasteiger partial charge in [-0.15, -0.1) is 0 Å². The normalized spacial score (nSPS) is 10.3. The van der Waals surface area contributed by atoms with Crippen molar-refractivity contribution >= 4 is 11.6 Å². The Balaban J connectivity index is 2.44. The summed E-state index contributed by atoms with van der Waals surface area (Å²) in [5.41, 5.74) is 8.32. The van der Waals surface area contributed by atoms with Gasteiger partial charge in [0.2, 0.25) is 0 Å². The Bertz CT molecular complexity index is 433. The number of benzene rings is 1. The van der Waals surface area contributed by atoms with Crippen molar-refractivity contribution in [3.8, 4) is 5.75 Å². The Morgan fingerprint density at radius 2 is 2.11 bits per heavy atom. The highest BCUT2D eigenvalue weighted by Gasteiger charge is 2.09. The number of methoxy groups -OCH3 is 1. The van der Waals surface area contributed by atoms with Crippen LogP contribution in [0.3, 0.4) is 0 Å². The van der Waals surface area contributed by atoms with Gasteiger partial charge in [0.05, 0.1) is 0 Å². The maximum absolute atomic E-state index is 11.6. The molecule has 0 atom stereocenters. The van der Waals surface area contributed by atoms with Crippen LogP contribution in [-0.4, -0.2) is 32.8 Å². The number of amides is 1. The highest BCUT2D eigenvalue weighted by atomic mass is 16.5. The summed E-state index contributed by atoms with van der Waals surface area (Å²) in [6.45, 7) is 5.03. The van der Waals surface area contributed by atoms with Gasteiger partial charge in [0, 0.05) is 31.5 Å². The van der Waals surface area contributed by atoms with Crippen molar-refractivity contribution in [2.75, 3.05) is 32.6 Å². The van der Waals surface area contributed by atoms with Crippen LogP contribution in [0.25, 0.3) is 0 Å². The molecular formula is C14H22N2O3. The third kappa shape index (κ3) is 4.79. The topological polar surface area (TPSA) is 73.6 Å². The van der Waals surface area contributed by atoms with Crippen molar-refractivity contribution in [3.63, 3.8) is 0 Å². The van der Waals surface area contributed by atoms with E-state index in [1.807, 2.05) is 26.0 Å². The summed E-state index contributed by atoms with van der Waals surface area (Å²) in [6, 6.07) is 3.72. The first kappa shape index (κ1) is 15.3. The van der Waals surface area contributed by atoms with Crippen LogP contribution in [0.4, 0.5) is 5.69 Å². The number of ether oxygens (including phenoxy) is 2. The van der Waals surface area contributed by atoms with Crippen molar-refractivity contribution in [3.05, 3.63) is 23.3 Å². The molecule has 0 aliphatic heterocycles. The van der Waals surface area contributed by atoms with Crippen molar-refractivity contribution in [1.82, 2.24) is 5.32 Å². The molecule has 0 heterocycles. The molecule has 0 saturated heterocycles. The molecule has 0 unspecified atom stereocenters. The van der Waals surface area contributed by atoms with E-state index in [-0.39, 0.29) is 12.5 Å². The van der Waals surface area contributed by atoms with Crippen LogP contribution in [0.5, 0.6) is 5.75 Å². The maximum Gasteiger partial charge on any atom is 0.257 e. The van der Waals surface area contributed by atoms with Gasteiger partial charge in [0.15, 0.2) is 6.61 Å². The first-order chi connectivity index (χ1) is 9.06. The fourth-order valence-electron chi connectivity index (χ4n) is 1.70. The SMILES string of the molecule is COCCCNC(=O)COc1c(C)ccc(N)c1C. The van der Waals surface area contributed by atoms with Gasteiger partial charge in [0.25, 0.3) is 5.91 Å². The Morgan fingerprint density at radius 1 is 1.37 bits per heavy atom. The van der Waals surface area contributed by atoms with Gasteiger partial charge in [-0.1, -0.05) is 6.07 Å². The van der Waals surface area contributed by atoms with E-state index in [0.717, 1.165) is 17.5 Å². The van der Waals surface area contributed by atoms with Crippen LogP contribution in [0.15, 0.2) is 12.1 Å². The fourth-order valence-corrected chi connectivity index (χ4v) is 1.70. The number of nitrogens with one attached hydrogen (secondary N) is 1. The molecular weight excluding hydrogens is 244 g/mol. The van der Waals surface area contributed by atoms with E-state index in [9.17, 15) is 4.79 Å². The largest absolute Gasteiger partial charge is 0.483 e. The summed E-state index contributed by atoms with van der Waals surface area (Å²) in [5.74, 6) is 0.546. The summed E-state index contributed by atoms with van der Waals surface area (Å²) >= 11 is 0. The van der Waals surface area contributed by atoms with Gasteiger partial charge in [-0.3, -0.25) is 4.79 Å². The molecule has 5 nitrogen and oxygen atoms in total. The average Bonchev–Trinajstić information content (AvgIpc) is 2.39.